The highest BCUT2D eigenvalue weighted by molar-refractivity contribution is 6.09. The van der Waals surface area contributed by atoms with Crippen molar-refractivity contribution < 1.29 is 4.42 Å². The molecule has 1 aliphatic heterocycles. The Morgan fingerprint density at radius 1 is 0.344 bits per heavy atom. The Morgan fingerprint density at radius 3 is 1.56 bits per heavy atom. The molecule has 0 saturated carbocycles. The number of nitrogens with zero attached hydrogens (tertiary/aromatic N) is 2. The highest BCUT2D eigenvalue weighted by Crippen LogP contribution is 2.64. The van der Waals surface area contributed by atoms with E-state index in [-0.39, 0.29) is 0 Å². The van der Waals surface area contributed by atoms with E-state index < -0.39 is 5.41 Å². The largest absolute Gasteiger partial charge is 0.456 e. The van der Waals surface area contributed by atoms with Gasteiger partial charge >= 0.3 is 0 Å². The summed E-state index contributed by atoms with van der Waals surface area (Å²) >= 11 is 0. The molecule has 300 valence electrons. The molecule has 11 aromatic rings. The number of benzene rings is 10. The Morgan fingerprint density at radius 2 is 0.844 bits per heavy atom. The van der Waals surface area contributed by atoms with Gasteiger partial charge in [0.25, 0.3) is 0 Å². The number of hydrogen-bond donors (Lipinski definition) is 0. The highest BCUT2D eigenvalue weighted by atomic mass is 16.3. The van der Waals surface area contributed by atoms with Crippen LogP contribution in [0.4, 0.5) is 34.1 Å². The van der Waals surface area contributed by atoms with Crippen molar-refractivity contribution in [1.29, 1.82) is 0 Å². The van der Waals surface area contributed by atoms with Crippen LogP contribution in [0.1, 0.15) is 22.3 Å². The molecule has 0 bridgehead atoms. The summed E-state index contributed by atoms with van der Waals surface area (Å²) in [6, 6.07) is 88.1. The molecule has 0 saturated heterocycles. The molecule has 1 aliphatic carbocycles. The van der Waals surface area contributed by atoms with Gasteiger partial charge in [0.2, 0.25) is 0 Å². The minimum atomic E-state index is -0.526. The summed E-state index contributed by atoms with van der Waals surface area (Å²) in [7, 11) is 0. The van der Waals surface area contributed by atoms with Crippen LogP contribution in [0.2, 0.25) is 0 Å². The fraction of sp³-hybridized carbons (Fsp3) is 0.0164. The highest BCUT2D eigenvalue weighted by Gasteiger charge is 2.52. The van der Waals surface area contributed by atoms with E-state index in [1.54, 1.807) is 0 Å². The van der Waals surface area contributed by atoms with Crippen LogP contribution in [0, 0.1) is 0 Å². The van der Waals surface area contributed by atoms with Crippen LogP contribution in [0.15, 0.2) is 247 Å². The molecule has 1 spiro atoms. The number of para-hydroxylation sites is 4. The molecule has 64 heavy (non-hydrogen) atoms. The van der Waals surface area contributed by atoms with Gasteiger partial charge in [0.1, 0.15) is 11.2 Å². The minimum absolute atomic E-state index is 0.526. The zero-order valence-corrected chi connectivity index (χ0v) is 34.9. The third kappa shape index (κ3) is 5.34. The second-order valence-corrected chi connectivity index (χ2v) is 16.8. The molecule has 0 fully saturated rings. The summed E-state index contributed by atoms with van der Waals surface area (Å²) in [6.07, 6.45) is 0. The normalized spacial score (nSPS) is 13.1. The van der Waals surface area contributed by atoms with Crippen molar-refractivity contribution in [3.05, 3.63) is 265 Å². The standard InChI is InChI=1S/C61H40N2O/c1-4-17-41(18-5-1)42-31-34-46(35-32-42)62(44-19-6-2-7-20-44)47-36-38-59-51(40-47)50-39-43(33-37-58(50)64-59)48-24-16-28-55-60(48)49-23-10-11-25-52(49)61(55)53-26-12-14-29-56(53)63(45-21-8-3-9-22-45)57-30-15-13-27-54(57)61/h1-40H. The van der Waals surface area contributed by atoms with Crippen molar-refractivity contribution in [2.45, 2.75) is 5.41 Å². The van der Waals surface area contributed by atoms with Gasteiger partial charge in [-0.25, -0.2) is 0 Å². The first-order chi connectivity index (χ1) is 31.8. The maximum atomic E-state index is 6.59. The Kier molecular flexibility index (Phi) is 8.13. The smallest absolute Gasteiger partial charge is 0.135 e. The summed E-state index contributed by atoms with van der Waals surface area (Å²) in [6.45, 7) is 0. The van der Waals surface area contributed by atoms with Gasteiger partial charge in [-0.05, 0) is 134 Å². The number of anilines is 6. The maximum Gasteiger partial charge on any atom is 0.135 e. The Balaban J connectivity index is 0.984. The Labute approximate surface area is 372 Å². The van der Waals surface area contributed by atoms with E-state index in [9.17, 15) is 0 Å². The van der Waals surface area contributed by atoms with Crippen LogP contribution < -0.4 is 9.80 Å². The van der Waals surface area contributed by atoms with Gasteiger partial charge in [0.15, 0.2) is 0 Å². The maximum absolute atomic E-state index is 6.59. The van der Waals surface area contributed by atoms with Crippen molar-refractivity contribution in [3.63, 3.8) is 0 Å². The van der Waals surface area contributed by atoms with Crippen molar-refractivity contribution >= 4 is 56.1 Å². The van der Waals surface area contributed by atoms with Gasteiger partial charge < -0.3 is 14.2 Å². The van der Waals surface area contributed by atoms with Gasteiger partial charge in [0.05, 0.1) is 16.8 Å². The van der Waals surface area contributed by atoms with Gasteiger partial charge in [-0.1, -0.05) is 164 Å². The molecule has 0 radical (unpaired) electrons. The summed E-state index contributed by atoms with van der Waals surface area (Å²) < 4.78 is 6.59. The summed E-state index contributed by atoms with van der Waals surface area (Å²) in [4.78, 5) is 4.77. The first-order valence-corrected chi connectivity index (χ1v) is 22.0. The summed E-state index contributed by atoms with van der Waals surface area (Å²) in [5, 5.41) is 2.17. The van der Waals surface area contributed by atoms with Crippen molar-refractivity contribution in [2.75, 3.05) is 9.80 Å². The van der Waals surface area contributed by atoms with Gasteiger partial charge in [-0.2, -0.15) is 0 Å². The molecule has 2 aliphatic rings. The van der Waals surface area contributed by atoms with E-state index in [0.717, 1.165) is 50.3 Å². The quantitative estimate of drug-likeness (QED) is 0.167. The Bertz CT molecular complexity index is 3510. The summed E-state index contributed by atoms with van der Waals surface area (Å²) in [5.74, 6) is 0. The van der Waals surface area contributed by atoms with E-state index in [0.29, 0.717) is 0 Å². The van der Waals surface area contributed by atoms with Gasteiger partial charge in [-0.15, -0.1) is 0 Å². The number of hydrogen-bond acceptors (Lipinski definition) is 3. The van der Waals surface area contributed by atoms with Gasteiger partial charge in [-0.3, -0.25) is 0 Å². The second-order valence-electron chi connectivity index (χ2n) is 16.8. The number of furan rings is 1. The first-order valence-electron chi connectivity index (χ1n) is 22.0. The SMILES string of the molecule is c1ccc(-c2ccc(N(c3ccccc3)c3ccc4oc5ccc(-c6cccc7c6-c6ccccc6C76c7ccccc7N(c7ccccc7)c7ccccc76)cc5c4c3)cc2)cc1. The van der Waals surface area contributed by atoms with Crippen LogP contribution >= 0.6 is 0 Å². The van der Waals surface area contributed by atoms with Crippen molar-refractivity contribution in [3.8, 4) is 33.4 Å². The average Bonchev–Trinajstić information content (AvgIpc) is 3.88. The second kappa shape index (κ2) is 14.3. The lowest BCUT2D eigenvalue weighted by molar-refractivity contribution is 0.669. The Hall–Kier alpha value is -8.40. The molecular weight excluding hydrogens is 777 g/mol. The fourth-order valence-corrected chi connectivity index (χ4v) is 10.8. The first kappa shape index (κ1) is 36.3. The predicted molar refractivity (Wildman–Crippen MR) is 265 cm³/mol. The molecule has 0 unspecified atom stereocenters. The molecule has 2 heterocycles. The molecule has 10 aromatic carbocycles. The topological polar surface area (TPSA) is 19.6 Å². The molecule has 13 rings (SSSR count). The van der Waals surface area contributed by atoms with Crippen molar-refractivity contribution in [2.24, 2.45) is 0 Å². The van der Waals surface area contributed by atoms with E-state index in [4.69, 9.17) is 4.42 Å². The number of rotatable bonds is 6. The molecule has 0 N–H and O–H groups in total. The zero-order chi connectivity index (χ0) is 42.2. The molecule has 1 aromatic heterocycles. The van der Waals surface area contributed by atoms with Crippen molar-refractivity contribution in [1.82, 2.24) is 0 Å². The predicted octanol–water partition coefficient (Wildman–Crippen LogP) is 16.5. The lowest BCUT2D eigenvalue weighted by atomic mass is 9.64. The van der Waals surface area contributed by atoms with Crippen LogP contribution in [0.5, 0.6) is 0 Å². The van der Waals surface area contributed by atoms with Crippen LogP contribution in [0.25, 0.3) is 55.3 Å². The van der Waals surface area contributed by atoms with Crippen LogP contribution in [0.3, 0.4) is 0 Å². The molecule has 0 amide bonds. The monoisotopic (exact) mass is 816 g/mol. The van der Waals surface area contributed by atoms with Crippen LogP contribution in [-0.4, -0.2) is 0 Å². The lowest BCUT2D eigenvalue weighted by Crippen LogP contribution is -2.36. The average molecular weight is 817 g/mol. The van der Waals surface area contributed by atoms with E-state index in [2.05, 4.69) is 252 Å². The zero-order valence-electron chi connectivity index (χ0n) is 34.9. The van der Waals surface area contributed by atoms with E-state index in [1.807, 2.05) is 0 Å². The third-order valence-electron chi connectivity index (χ3n) is 13.5. The molecular formula is C61H40N2O. The van der Waals surface area contributed by atoms with E-state index in [1.165, 1.54) is 61.4 Å². The number of fused-ring (bicyclic) bond motifs is 12. The lowest BCUT2D eigenvalue weighted by Gasteiger charge is -2.45. The molecule has 0 atom stereocenters. The molecule has 3 nitrogen and oxygen atoms in total. The fourth-order valence-electron chi connectivity index (χ4n) is 10.8. The molecule has 3 heteroatoms. The third-order valence-corrected chi connectivity index (χ3v) is 13.5. The van der Waals surface area contributed by atoms with Gasteiger partial charge in [0, 0.05) is 33.5 Å². The minimum Gasteiger partial charge on any atom is -0.456 e. The van der Waals surface area contributed by atoms with Crippen LogP contribution in [-0.2, 0) is 5.41 Å². The summed E-state index contributed by atoms with van der Waals surface area (Å²) in [5.41, 5.74) is 20.5. The van der Waals surface area contributed by atoms with E-state index >= 15 is 0 Å².